The molecular formula is C10H12O2S. The van der Waals surface area contributed by atoms with Crippen molar-refractivity contribution in [1.82, 2.24) is 0 Å². The SMILES string of the molecule is Cc1ccc([S@](=O)[C@H]2O[C@H]2C)cc1. The van der Waals surface area contributed by atoms with Gasteiger partial charge in [0.1, 0.15) is 0 Å². The number of ether oxygens (including phenoxy) is 1. The molecule has 3 heteroatoms. The molecule has 0 N–H and O–H groups in total. The highest BCUT2D eigenvalue weighted by atomic mass is 32.2. The van der Waals surface area contributed by atoms with E-state index in [1.54, 1.807) is 0 Å². The Morgan fingerprint density at radius 3 is 2.31 bits per heavy atom. The summed E-state index contributed by atoms with van der Waals surface area (Å²) in [6.45, 7) is 3.96. The minimum atomic E-state index is -0.985. The van der Waals surface area contributed by atoms with Gasteiger partial charge in [0.2, 0.25) is 0 Å². The highest BCUT2D eigenvalue weighted by molar-refractivity contribution is 7.85. The first kappa shape index (κ1) is 8.91. The van der Waals surface area contributed by atoms with E-state index >= 15 is 0 Å². The van der Waals surface area contributed by atoms with Crippen LogP contribution in [0.25, 0.3) is 0 Å². The second-order valence-corrected chi connectivity index (χ2v) is 4.85. The highest BCUT2D eigenvalue weighted by Crippen LogP contribution is 2.28. The van der Waals surface area contributed by atoms with Crippen LogP contribution in [-0.4, -0.2) is 15.7 Å². The molecule has 0 unspecified atom stereocenters. The van der Waals surface area contributed by atoms with Crippen molar-refractivity contribution in [1.29, 1.82) is 0 Å². The van der Waals surface area contributed by atoms with Crippen molar-refractivity contribution in [2.24, 2.45) is 0 Å². The summed E-state index contributed by atoms with van der Waals surface area (Å²) in [7, 11) is -0.985. The molecule has 0 radical (unpaired) electrons. The maximum atomic E-state index is 11.7. The minimum Gasteiger partial charge on any atom is -0.355 e. The van der Waals surface area contributed by atoms with Crippen molar-refractivity contribution in [2.75, 3.05) is 0 Å². The molecule has 0 bridgehead atoms. The Hall–Kier alpha value is -0.670. The maximum absolute atomic E-state index is 11.7. The number of aryl methyl sites for hydroxylation is 1. The summed E-state index contributed by atoms with van der Waals surface area (Å²) in [6.07, 6.45) is 0.155. The first-order valence-corrected chi connectivity index (χ1v) is 5.52. The van der Waals surface area contributed by atoms with Gasteiger partial charge in [0.15, 0.2) is 5.44 Å². The van der Waals surface area contributed by atoms with E-state index in [0.717, 1.165) is 4.90 Å². The smallest absolute Gasteiger partial charge is 0.163 e. The van der Waals surface area contributed by atoms with E-state index in [4.69, 9.17) is 4.74 Å². The summed E-state index contributed by atoms with van der Waals surface area (Å²) in [4.78, 5) is 0.861. The van der Waals surface area contributed by atoms with Gasteiger partial charge in [-0.3, -0.25) is 4.21 Å². The lowest BCUT2D eigenvalue weighted by molar-refractivity contribution is 0.410. The third-order valence-electron chi connectivity index (χ3n) is 2.12. The van der Waals surface area contributed by atoms with Crippen molar-refractivity contribution in [3.05, 3.63) is 29.8 Å². The third kappa shape index (κ3) is 1.81. The molecule has 0 amide bonds. The van der Waals surface area contributed by atoms with Crippen LogP contribution < -0.4 is 0 Å². The maximum Gasteiger partial charge on any atom is 0.163 e. The first-order valence-electron chi connectivity index (χ1n) is 4.31. The molecule has 13 heavy (non-hydrogen) atoms. The lowest BCUT2D eigenvalue weighted by Crippen LogP contribution is -2.01. The Bertz CT molecular complexity index is 331. The van der Waals surface area contributed by atoms with Gasteiger partial charge in [-0.2, -0.15) is 0 Å². The average Bonchev–Trinajstić information content (AvgIpc) is 2.83. The molecule has 1 aliphatic heterocycles. The van der Waals surface area contributed by atoms with Crippen LogP contribution in [0.15, 0.2) is 29.2 Å². The number of epoxide rings is 1. The van der Waals surface area contributed by atoms with E-state index in [0.29, 0.717) is 0 Å². The summed E-state index contributed by atoms with van der Waals surface area (Å²) in [5.41, 5.74) is 1.10. The fourth-order valence-electron chi connectivity index (χ4n) is 1.20. The number of rotatable bonds is 2. The van der Waals surface area contributed by atoms with E-state index in [-0.39, 0.29) is 11.5 Å². The lowest BCUT2D eigenvalue weighted by atomic mass is 10.2. The zero-order valence-electron chi connectivity index (χ0n) is 7.69. The average molecular weight is 196 g/mol. The van der Waals surface area contributed by atoms with Crippen LogP contribution in [0.2, 0.25) is 0 Å². The van der Waals surface area contributed by atoms with Crippen molar-refractivity contribution in [2.45, 2.75) is 30.3 Å². The fourth-order valence-corrected chi connectivity index (χ4v) is 2.49. The van der Waals surface area contributed by atoms with E-state index < -0.39 is 10.8 Å². The van der Waals surface area contributed by atoms with Crippen molar-refractivity contribution >= 4 is 10.8 Å². The van der Waals surface area contributed by atoms with Crippen LogP contribution in [0, 0.1) is 6.92 Å². The Morgan fingerprint density at radius 2 is 1.85 bits per heavy atom. The van der Waals surface area contributed by atoms with Crippen LogP contribution in [0.3, 0.4) is 0 Å². The summed E-state index contributed by atoms with van der Waals surface area (Å²) in [5.74, 6) is 0. The quantitative estimate of drug-likeness (QED) is 0.675. The van der Waals surface area contributed by atoms with Gasteiger partial charge in [-0.25, -0.2) is 0 Å². The topological polar surface area (TPSA) is 29.6 Å². The fraction of sp³-hybridized carbons (Fsp3) is 0.400. The zero-order chi connectivity index (χ0) is 9.42. The van der Waals surface area contributed by atoms with E-state index in [1.807, 2.05) is 38.1 Å². The summed E-state index contributed by atoms with van der Waals surface area (Å²) in [6, 6.07) is 7.75. The van der Waals surface area contributed by atoms with E-state index in [2.05, 4.69) is 0 Å². The van der Waals surface area contributed by atoms with Gasteiger partial charge in [0.25, 0.3) is 0 Å². The second kappa shape index (κ2) is 3.24. The molecule has 0 saturated carbocycles. The first-order chi connectivity index (χ1) is 6.18. The molecule has 2 nitrogen and oxygen atoms in total. The molecule has 70 valence electrons. The van der Waals surface area contributed by atoms with Gasteiger partial charge in [-0.05, 0) is 26.0 Å². The molecule has 1 aromatic carbocycles. The zero-order valence-corrected chi connectivity index (χ0v) is 8.51. The van der Waals surface area contributed by atoms with Crippen LogP contribution in [-0.2, 0) is 15.5 Å². The standard InChI is InChI=1S/C10H12O2S/c1-7-3-5-9(6-4-7)13(11)10-8(2)12-10/h3-6,8,10H,1-2H3/t8-,10+,13-/m0/s1. The predicted molar refractivity (Wildman–Crippen MR) is 51.9 cm³/mol. The third-order valence-corrected chi connectivity index (χ3v) is 3.77. The van der Waals surface area contributed by atoms with Gasteiger partial charge >= 0.3 is 0 Å². The van der Waals surface area contributed by atoms with E-state index in [1.165, 1.54) is 5.56 Å². The van der Waals surface area contributed by atoms with Gasteiger partial charge in [0, 0.05) is 4.90 Å². The Morgan fingerprint density at radius 1 is 1.31 bits per heavy atom. The normalized spacial score (nSPS) is 28.5. The van der Waals surface area contributed by atoms with Gasteiger partial charge in [0.05, 0.1) is 16.9 Å². The Labute approximate surface area is 80.4 Å². The predicted octanol–water partition coefficient (Wildman–Crippen LogP) is 1.85. The molecule has 1 aromatic rings. The minimum absolute atomic E-state index is 0.0808. The number of hydrogen-bond acceptors (Lipinski definition) is 2. The van der Waals surface area contributed by atoms with Crippen LogP contribution >= 0.6 is 0 Å². The van der Waals surface area contributed by atoms with E-state index in [9.17, 15) is 4.21 Å². The van der Waals surface area contributed by atoms with Crippen molar-refractivity contribution < 1.29 is 8.95 Å². The van der Waals surface area contributed by atoms with Gasteiger partial charge < -0.3 is 4.74 Å². The van der Waals surface area contributed by atoms with Crippen LogP contribution in [0.5, 0.6) is 0 Å². The highest BCUT2D eigenvalue weighted by Gasteiger charge is 2.40. The Balaban J connectivity index is 2.17. The van der Waals surface area contributed by atoms with Crippen molar-refractivity contribution in [3.63, 3.8) is 0 Å². The molecule has 2 rings (SSSR count). The molecule has 1 heterocycles. The van der Waals surface area contributed by atoms with Gasteiger partial charge in [-0.1, -0.05) is 17.7 Å². The summed E-state index contributed by atoms with van der Waals surface area (Å²) < 4.78 is 16.9. The molecular weight excluding hydrogens is 184 g/mol. The molecule has 0 aromatic heterocycles. The molecule has 1 aliphatic rings. The van der Waals surface area contributed by atoms with Gasteiger partial charge in [-0.15, -0.1) is 0 Å². The number of benzene rings is 1. The molecule has 0 aliphatic carbocycles. The Kier molecular flexibility index (Phi) is 2.22. The molecule has 1 saturated heterocycles. The van der Waals surface area contributed by atoms with Crippen LogP contribution in [0.4, 0.5) is 0 Å². The molecule has 0 spiro atoms. The summed E-state index contributed by atoms with van der Waals surface area (Å²) in [5, 5.41) is 0. The molecule has 1 fully saturated rings. The van der Waals surface area contributed by atoms with Crippen LogP contribution in [0.1, 0.15) is 12.5 Å². The largest absolute Gasteiger partial charge is 0.355 e. The summed E-state index contributed by atoms with van der Waals surface area (Å²) >= 11 is 0. The number of hydrogen-bond donors (Lipinski definition) is 0. The van der Waals surface area contributed by atoms with Crippen molar-refractivity contribution in [3.8, 4) is 0 Å². The second-order valence-electron chi connectivity index (χ2n) is 3.32. The lowest BCUT2D eigenvalue weighted by Gasteiger charge is -1.98. The molecule has 3 atom stereocenters. The monoisotopic (exact) mass is 196 g/mol.